The van der Waals surface area contributed by atoms with Crippen molar-refractivity contribution < 1.29 is 9.18 Å². The van der Waals surface area contributed by atoms with Crippen LogP contribution in [0.25, 0.3) is 21.1 Å². The smallest absolute Gasteiger partial charge is 0.231 e. The molecule has 0 saturated carbocycles. The van der Waals surface area contributed by atoms with Crippen molar-refractivity contribution in [1.82, 2.24) is 14.5 Å². The van der Waals surface area contributed by atoms with Crippen LogP contribution in [0, 0.1) is 5.82 Å². The van der Waals surface area contributed by atoms with E-state index < -0.39 is 0 Å². The number of rotatable bonds is 7. The van der Waals surface area contributed by atoms with Gasteiger partial charge in [0, 0.05) is 10.9 Å². The van der Waals surface area contributed by atoms with Gasteiger partial charge in [-0.15, -0.1) is 22.7 Å². The monoisotopic (exact) mass is 474 g/mol. The molecule has 33 heavy (non-hydrogen) atoms. The van der Waals surface area contributed by atoms with Crippen molar-refractivity contribution in [1.29, 1.82) is 0 Å². The zero-order chi connectivity index (χ0) is 22.6. The summed E-state index contributed by atoms with van der Waals surface area (Å²) in [5, 5.41) is 7.85. The van der Waals surface area contributed by atoms with Gasteiger partial charge < -0.3 is 9.88 Å². The summed E-state index contributed by atoms with van der Waals surface area (Å²) in [5.74, 6) is 0.0681. The number of nitrogens with zero attached hydrogens (tertiary/aromatic N) is 3. The van der Waals surface area contributed by atoms with Crippen molar-refractivity contribution >= 4 is 34.4 Å². The van der Waals surface area contributed by atoms with Crippen molar-refractivity contribution in [3.8, 4) is 21.1 Å². The van der Waals surface area contributed by atoms with Gasteiger partial charge >= 0.3 is 0 Å². The number of imidazole rings is 1. The van der Waals surface area contributed by atoms with E-state index in [1.165, 1.54) is 23.5 Å². The lowest BCUT2D eigenvalue weighted by molar-refractivity contribution is -0.115. The number of aromatic nitrogens is 3. The molecule has 5 rings (SSSR count). The molecule has 0 aliphatic rings. The second-order valence-corrected chi connectivity index (χ2v) is 9.21. The van der Waals surface area contributed by atoms with Gasteiger partial charge in [0.25, 0.3) is 0 Å². The minimum Gasteiger partial charge on any atom is -0.312 e. The highest BCUT2D eigenvalue weighted by Crippen LogP contribution is 2.30. The molecule has 5 nitrogen and oxygen atoms in total. The SMILES string of the molecule is O=C(Cc1csc(-c2cccs2)n1)Nc1c(-c2ccc(F)cc2)ncn1Cc1ccccc1. The predicted molar refractivity (Wildman–Crippen MR) is 131 cm³/mol. The molecular weight excluding hydrogens is 455 g/mol. The number of hydrogen-bond donors (Lipinski definition) is 1. The Morgan fingerprint density at radius 3 is 2.58 bits per heavy atom. The van der Waals surface area contributed by atoms with Crippen LogP contribution in [-0.2, 0) is 17.8 Å². The van der Waals surface area contributed by atoms with E-state index in [1.807, 2.05) is 57.8 Å². The van der Waals surface area contributed by atoms with Gasteiger partial charge in [0.1, 0.15) is 22.3 Å². The van der Waals surface area contributed by atoms with Crippen molar-refractivity contribution in [2.75, 3.05) is 5.32 Å². The molecule has 0 radical (unpaired) electrons. The molecule has 0 spiro atoms. The fourth-order valence-corrected chi connectivity index (χ4v) is 5.11. The van der Waals surface area contributed by atoms with E-state index in [9.17, 15) is 9.18 Å². The normalized spacial score (nSPS) is 10.9. The van der Waals surface area contributed by atoms with Crippen molar-refractivity contribution in [2.24, 2.45) is 0 Å². The van der Waals surface area contributed by atoms with Crippen molar-refractivity contribution in [3.63, 3.8) is 0 Å². The molecule has 0 fully saturated rings. The summed E-state index contributed by atoms with van der Waals surface area (Å²) in [5.41, 5.74) is 3.12. The molecular formula is C25H19FN4OS2. The van der Waals surface area contributed by atoms with Gasteiger partial charge in [-0.2, -0.15) is 0 Å². The fraction of sp³-hybridized carbons (Fsp3) is 0.0800. The van der Waals surface area contributed by atoms with Crippen LogP contribution in [0.3, 0.4) is 0 Å². The molecule has 1 N–H and O–H groups in total. The highest BCUT2D eigenvalue weighted by molar-refractivity contribution is 7.20. The van der Waals surface area contributed by atoms with Gasteiger partial charge in [-0.1, -0.05) is 36.4 Å². The Hall–Kier alpha value is -3.62. The summed E-state index contributed by atoms with van der Waals surface area (Å²) in [4.78, 5) is 23.2. The van der Waals surface area contributed by atoms with E-state index >= 15 is 0 Å². The molecule has 0 bridgehead atoms. The van der Waals surface area contributed by atoms with E-state index in [0.29, 0.717) is 18.1 Å². The second-order valence-electron chi connectivity index (χ2n) is 7.41. The molecule has 0 saturated heterocycles. The highest BCUT2D eigenvalue weighted by atomic mass is 32.1. The summed E-state index contributed by atoms with van der Waals surface area (Å²) in [6, 6.07) is 20.0. The van der Waals surface area contributed by atoms with Crippen molar-refractivity contribution in [3.05, 3.63) is 101 Å². The van der Waals surface area contributed by atoms with Gasteiger partial charge in [0.2, 0.25) is 5.91 Å². The lowest BCUT2D eigenvalue weighted by Gasteiger charge is -2.12. The minimum absolute atomic E-state index is 0.154. The quantitative estimate of drug-likeness (QED) is 0.310. The third kappa shape index (κ3) is 4.92. The fourth-order valence-electron chi connectivity index (χ4n) is 3.47. The molecule has 0 unspecified atom stereocenters. The zero-order valence-electron chi connectivity index (χ0n) is 17.4. The maximum Gasteiger partial charge on any atom is 0.231 e. The van der Waals surface area contributed by atoms with Crippen LogP contribution in [0.2, 0.25) is 0 Å². The molecule has 5 aromatic rings. The summed E-state index contributed by atoms with van der Waals surface area (Å²) in [7, 11) is 0. The standard InChI is InChI=1S/C25H19FN4OS2/c26-19-10-8-18(9-11-19)23-24(30(16-27-23)14-17-5-2-1-3-6-17)29-22(31)13-20-15-33-25(28-20)21-7-4-12-32-21/h1-12,15-16H,13-14H2,(H,29,31). The first kappa shape index (κ1) is 21.2. The lowest BCUT2D eigenvalue weighted by Crippen LogP contribution is -2.18. The number of thiophene rings is 1. The van der Waals surface area contributed by atoms with E-state index in [1.54, 1.807) is 29.8 Å². The van der Waals surface area contributed by atoms with Gasteiger partial charge in [-0.25, -0.2) is 14.4 Å². The van der Waals surface area contributed by atoms with Crippen LogP contribution in [0.5, 0.6) is 0 Å². The maximum absolute atomic E-state index is 13.5. The average molecular weight is 475 g/mol. The third-order valence-electron chi connectivity index (χ3n) is 5.03. The molecule has 1 amide bonds. The van der Waals surface area contributed by atoms with E-state index in [2.05, 4.69) is 15.3 Å². The van der Waals surface area contributed by atoms with Gasteiger partial charge in [0.05, 0.1) is 29.9 Å². The van der Waals surface area contributed by atoms with Crippen LogP contribution in [0.4, 0.5) is 10.2 Å². The first-order valence-corrected chi connectivity index (χ1v) is 12.0. The summed E-state index contributed by atoms with van der Waals surface area (Å²) >= 11 is 3.15. The number of halogens is 1. The van der Waals surface area contributed by atoms with Gasteiger partial charge in [-0.05, 0) is 41.3 Å². The molecule has 164 valence electrons. The van der Waals surface area contributed by atoms with Crippen LogP contribution < -0.4 is 5.32 Å². The number of benzene rings is 2. The number of carbonyl (C=O) groups excluding carboxylic acids is 1. The Labute approximate surface area is 198 Å². The largest absolute Gasteiger partial charge is 0.312 e. The number of hydrogen-bond acceptors (Lipinski definition) is 5. The summed E-state index contributed by atoms with van der Waals surface area (Å²) in [6.07, 6.45) is 1.85. The first-order valence-electron chi connectivity index (χ1n) is 10.3. The molecule has 3 heterocycles. The predicted octanol–water partition coefficient (Wildman–Crippen LogP) is 6.10. The molecule has 3 aromatic heterocycles. The number of carbonyl (C=O) groups is 1. The molecule has 2 aromatic carbocycles. The minimum atomic E-state index is -0.321. The maximum atomic E-state index is 13.5. The van der Waals surface area contributed by atoms with Gasteiger partial charge in [-0.3, -0.25) is 4.79 Å². The van der Waals surface area contributed by atoms with Crippen molar-refractivity contribution in [2.45, 2.75) is 13.0 Å². The Morgan fingerprint density at radius 2 is 1.82 bits per heavy atom. The molecule has 0 atom stereocenters. The number of anilines is 1. The lowest BCUT2D eigenvalue weighted by atomic mass is 10.1. The topological polar surface area (TPSA) is 59.8 Å². The third-order valence-corrected chi connectivity index (χ3v) is 6.96. The Bertz CT molecular complexity index is 1360. The second kappa shape index (κ2) is 9.48. The zero-order valence-corrected chi connectivity index (χ0v) is 19.1. The van der Waals surface area contributed by atoms with Gasteiger partial charge in [0.15, 0.2) is 0 Å². The van der Waals surface area contributed by atoms with E-state index in [4.69, 9.17) is 0 Å². The number of amides is 1. The number of nitrogens with one attached hydrogen (secondary N) is 1. The van der Waals surface area contributed by atoms with Crippen LogP contribution in [0.15, 0.2) is 83.8 Å². The first-order chi connectivity index (χ1) is 16.2. The summed E-state index contributed by atoms with van der Waals surface area (Å²) < 4.78 is 15.3. The summed E-state index contributed by atoms with van der Waals surface area (Å²) in [6.45, 7) is 0.546. The van der Waals surface area contributed by atoms with E-state index in [0.717, 1.165) is 26.7 Å². The molecule has 8 heteroatoms. The molecule has 0 aliphatic heterocycles. The molecule has 0 aliphatic carbocycles. The Morgan fingerprint density at radius 1 is 1.00 bits per heavy atom. The Balaban J connectivity index is 1.40. The van der Waals surface area contributed by atoms with Crippen LogP contribution in [0.1, 0.15) is 11.3 Å². The number of thiazole rings is 1. The van der Waals surface area contributed by atoms with Crippen LogP contribution >= 0.6 is 22.7 Å². The average Bonchev–Trinajstić information content (AvgIpc) is 3.58. The highest BCUT2D eigenvalue weighted by Gasteiger charge is 2.17. The Kier molecular flexibility index (Phi) is 6.10. The van der Waals surface area contributed by atoms with E-state index in [-0.39, 0.29) is 18.1 Å². The van der Waals surface area contributed by atoms with Crippen LogP contribution in [-0.4, -0.2) is 20.4 Å².